The molecule has 9 aliphatic heterocycles. The van der Waals surface area contributed by atoms with Crippen LogP contribution < -0.4 is 0 Å². The van der Waals surface area contributed by atoms with Crippen LogP contribution in [0.2, 0.25) is 0 Å². The first kappa shape index (κ1) is 35.7. The number of nitrogens with zero attached hydrogens (tertiary/aromatic N) is 3. The van der Waals surface area contributed by atoms with Gasteiger partial charge in [-0.15, -0.1) is 0 Å². The molecule has 12 atom stereocenters. The summed E-state index contributed by atoms with van der Waals surface area (Å²) in [4.78, 5) is 47.9. The van der Waals surface area contributed by atoms with Gasteiger partial charge in [0, 0.05) is 76.8 Å². The molecular weight excluding hydrogens is 629 g/mol. The number of piperidine rings is 9. The summed E-state index contributed by atoms with van der Waals surface area (Å²) >= 11 is 0. The lowest BCUT2D eigenvalue weighted by Crippen LogP contribution is -2.72. The van der Waals surface area contributed by atoms with Gasteiger partial charge in [0.1, 0.15) is 16.6 Å². The van der Waals surface area contributed by atoms with Gasteiger partial charge in [0.15, 0.2) is 17.3 Å². The molecular formula is C33H54N3O10P. The zero-order valence-electron chi connectivity index (χ0n) is 28.9. The van der Waals surface area contributed by atoms with Gasteiger partial charge in [0.25, 0.3) is 0 Å². The Labute approximate surface area is 278 Å². The topological polar surface area (TPSA) is 133 Å². The Bertz CT molecular complexity index is 1120. The van der Waals surface area contributed by atoms with E-state index >= 15 is 0 Å². The molecule has 9 saturated heterocycles. The fourth-order valence-electron chi connectivity index (χ4n) is 10.1. The Balaban J connectivity index is 1.31. The normalized spacial score (nSPS) is 45.5. The highest BCUT2D eigenvalue weighted by Crippen LogP contribution is 2.55. The van der Waals surface area contributed by atoms with E-state index in [1.54, 1.807) is 0 Å². The number of Topliss-reactive ketones (excluding diaryl/α,β-unsaturated/α-hetero) is 3. The molecule has 13 nitrogen and oxygen atoms in total. The van der Waals surface area contributed by atoms with Crippen LogP contribution in [0.3, 0.4) is 0 Å². The van der Waals surface area contributed by atoms with Crippen molar-refractivity contribution in [2.45, 2.75) is 94.0 Å². The van der Waals surface area contributed by atoms with Crippen molar-refractivity contribution >= 4 is 25.2 Å². The molecule has 0 aromatic heterocycles. The fourth-order valence-corrected chi connectivity index (χ4v) is 11.5. The predicted octanol–water partition coefficient (Wildman–Crippen LogP) is 2.35. The van der Waals surface area contributed by atoms with Crippen LogP contribution in [-0.4, -0.2) is 147 Å². The number of hydrogen-bond donors (Lipinski definition) is 0. The van der Waals surface area contributed by atoms with Crippen molar-refractivity contribution in [3.8, 4) is 0 Å². The Morgan fingerprint density at radius 3 is 1.06 bits per heavy atom. The number of carbonyl (C=O) groups excluding carboxylic acids is 3. The molecule has 0 radical (unpaired) electrons. The van der Waals surface area contributed by atoms with Crippen LogP contribution in [0.5, 0.6) is 0 Å². The van der Waals surface area contributed by atoms with Gasteiger partial charge in [-0.1, -0.05) is 0 Å². The summed E-state index contributed by atoms with van der Waals surface area (Å²) in [6, 6.07) is 0.322. The number of rotatable bonds is 15. The molecule has 0 aromatic rings. The van der Waals surface area contributed by atoms with E-state index in [2.05, 4.69) is 35.5 Å². The largest absolute Gasteiger partial charge is 0.475 e. The van der Waals surface area contributed by atoms with Crippen LogP contribution in [0.25, 0.3) is 0 Å². The summed E-state index contributed by atoms with van der Waals surface area (Å²) in [7, 11) is 0.0906. The number of ketones is 3. The maximum Gasteiger partial charge on any atom is 0.475 e. The molecule has 0 N–H and O–H groups in total. The van der Waals surface area contributed by atoms with Crippen molar-refractivity contribution in [1.82, 2.24) is 14.7 Å². The average Bonchev–Trinajstić information content (AvgIpc) is 3.05. The second-order valence-electron chi connectivity index (χ2n) is 15.0. The molecule has 0 saturated carbocycles. The lowest BCUT2D eigenvalue weighted by Gasteiger charge is -2.56. The van der Waals surface area contributed by atoms with Crippen molar-refractivity contribution in [2.75, 3.05) is 80.6 Å². The molecule has 0 aliphatic carbocycles. The van der Waals surface area contributed by atoms with E-state index in [0.29, 0.717) is 19.6 Å². The third-order valence-corrected chi connectivity index (χ3v) is 13.6. The summed E-state index contributed by atoms with van der Waals surface area (Å²) < 4.78 is 50.5. The first-order chi connectivity index (χ1) is 22.4. The summed E-state index contributed by atoms with van der Waals surface area (Å²) in [6.45, 7) is 7.66. The summed E-state index contributed by atoms with van der Waals surface area (Å²) in [5.74, 6) is -0.415. The lowest BCUT2D eigenvalue weighted by atomic mass is 9.71. The van der Waals surface area contributed by atoms with E-state index in [-0.39, 0.29) is 92.9 Å². The maximum atomic E-state index is 15.0. The number of hydrogen-bond acceptors (Lipinski definition) is 13. The van der Waals surface area contributed by atoms with E-state index in [1.165, 1.54) is 21.3 Å². The van der Waals surface area contributed by atoms with Gasteiger partial charge < -0.3 is 14.2 Å². The minimum atomic E-state index is -4.53. The summed E-state index contributed by atoms with van der Waals surface area (Å²) in [5.41, 5.74) is -3.50. The molecule has 0 spiro atoms. The number of fused-ring (bicyclic) bond motifs is 9. The zero-order valence-corrected chi connectivity index (χ0v) is 29.8. The van der Waals surface area contributed by atoms with E-state index in [4.69, 9.17) is 27.8 Å². The van der Waals surface area contributed by atoms with Crippen LogP contribution >= 0.6 is 7.82 Å². The van der Waals surface area contributed by atoms with Crippen LogP contribution in [0, 0.1) is 17.8 Å². The first-order valence-electron chi connectivity index (χ1n) is 17.3. The van der Waals surface area contributed by atoms with Gasteiger partial charge in [0.05, 0.1) is 39.6 Å². The maximum absolute atomic E-state index is 15.0. The molecule has 9 heterocycles. The fraction of sp³-hybridized carbons (Fsp3) is 0.909. The first-order valence-corrected chi connectivity index (χ1v) is 18.8. The third-order valence-electron chi connectivity index (χ3n) is 12.3. The highest BCUT2D eigenvalue weighted by molar-refractivity contribution is 7.48. The minimum absolute atomic E-state index is 0.00126. The molecule has 0 amide bonds. The number of ether oxygens (including phenoxy) is 3. The Hall–Kier alpha value is -1.12. The quantitative estimate of drug-likeness (QED) is 0.234. The smallest absolute Gasteiger partial charge is 0.382 e. The molecule has 5 unspecified atom stereocenters. The summed E-state index contributed by atoms with van der Waals surface area (Å²) in [6.07, 6.45) is 4.53. The molecule has 9 aliphatic rings. The third kappa shape index (κ3) is 5.84. The SMILES string of the molecule is COC[C@]1(COP(=O)(OC[C@@]2(COC)C(=O)C3CCN2[C@H](C)C3)OC[C@@]2(COC)C(=O)[C@H]3CCN2[C@H](C)C3)C(=O)C2CCN1[C@H](C)C2. The Morgan fingerprint density at radius 1 is 0.553 bits per heavy atom. The number of methoxy groups -OCH3 is 3. The molecule has 6 bridgehead atoms. The molecule has 47 heavy (non-hydrogen) atoms. The van der Waals surface area contributed by atoms with Gasteiger partial charge in [0.2, 0.25) is 0 Å². The van der Waals surface area contributed by atoms with Crippen LogP contribution in [0.4, 0.5) is 0 Å². The van der Waals surface area contributed by atoms with E-state index in [9.17, 15) is 18.9 Å². The highest BCUT2D eigenvalue weighted by Gasteiger charge is 2.61. The van der Waals surface area contributed by atoms with E-state index < -0.39 is 24.4 Å². The number of phosphoric ester groups is 1. The molecule has 266 valence electrons. The van der Waals surface area contributed by atoms with Crippen LogP contribution in [-0.2, 0) is 46.7 Å². The van der Waals surface area contributed by atoms with Gasteiger partial charge >= 0.3 is 7.82 Å². The molecule has 0 aromatic carbocycles. The molecule has 14 heteroatoms. The van der Waals surface area contributed by atoms with Crippen molar-refractivity contribution < 1.29 is 46.7 Å². The zero-order chi connectivity index (χ0) is 33.8. The van der Waals surface area contributed by atoms with Crippen molar-refractivity contribution in [1.29, 1.82) is 0 Å². The minimum Gasteiger partial charge on any atom is -0.382 e. The number of phosphoric acid groups is 1. The lowest BCUT2D eigenvalue weighted by molar-refractivity contribution is -0.168. The highest BCUT2D eigenvalue weighted by atomic mass is 31.2. The Kier molecular flexibility index (Phi) is 10.3. The van der Waals surface area contributed by atoms with Crippen molar-refractivity contribution in [3.63, 3.8) is 0 Å². The standard InChI is InChI=1S/C33H54N3O10P/c1-22-13-25-7-10-34(22)31(16-41-4,28(25)37)19-44-47(40,45-20-32(17-42-5)29(38)26-8-11-35(32)23(2)14-26)46-21-33(18-43-6)30(39)27-9-12-36(33)24(3)15-27/h22-27H,7-21H2,1-6H3/t22-,23-,24-,25+,26?,27?,31+,32+,33+,47?/m1/s1. The second-order valence-corrected chi connectivity index (χ2v) is 16.7. The van der Waals surface area contributed by atoms with Crippen molar-refractivity contribution in [3.05, 3.63) is 0 Å². The second kappa shape index (κ2) is 13.5. The van der Waals surface area contributed by atoms with Gasteiger partial charge in [-0.25, -0.2) is 4.57 Å². The predicted molar refractivity (Wildman–Crippen MR) is 171 cm³/mol. The monoisotopic (exact) mass is 683 g/mol. The van der Waals surface area contributed by atoms with Gasteiger partial charge in [-0.05, 0) is 59.3 Å². The van der Waals surface area contributed by atoms with Crippen molar-refractivity contribution in [2.24, 2.45) is 17.8 Å². The van der Waals surface area contributed by atoms with Gasteiger partial charge in [-0.2, -0.15) is 0 Å². The van der Waals surface area contributed by atoms with E-state index in [0.717, 1.165) is 38.5 Å². The van der Waals surface area contributed by atoms with Gasteiger partial charge in [-0.3, -0.25) is 42.7 Å². The molecule has 9 fully saturated rings. The summed E-state index contributed by atoms with van der Waals surface area (Å²) in [5, 5.41) is 0. The van der Waals surface area contributed by atoms with Crippen LogP contribution in [0.15, 0.2) is 0 Å². The molecule has 9 rings (SSSR count). The number of carbonyl (C=O) groups is 3. The Morgan fingerprint density at radius 2 is 0.830 bits per heavy atom. The van der Waals surface area contributed by atoms with Crippen LogP contribution in [0.1, 0.15) is 59.3 Å². The van der Waals surface area contributed by atoms with E-state index in [1.807, 2.05) is 0 Å². The average molecular weight is 684 g/mol.